The molecule has 23 heavy (non-hydrogen) atoms. The molecule has 0 atom stereocenters. The number of esters is 1. The van der Waals surface area contributed by atoms with Crippen molar-refractivity contribution in [2.75, 3.05) is 7.11 Å². The summed E-state index contributed by atoms with van der Waals surface area (Å²) in [6.07, 6.45) is 1.40. The molecule has 0 saturated heterocycles. The van der Waals surface area contributed by atoms with Gasteiger partial charge < -0.3 is 9.84 Å². The maximum atomic E-state index is 11.9. The van der Waals surface area contributed by atoms with Gasteiger partial charge in [-0.15, -0.1) is 0 Å². The predicted octanol–water partition coefficient (Wildman–Crippen LogP) is 2.60. The van der Waals surface area contributed by atoms with Crippen LogP contribution in [0, 0.1) is 0 Å². The van der Waals surface area contributed by atoms with Gasteiger partial charge in [0.05, 0.1) is 24.5 Å². The highest BCUT2D eigenvalue weighted by atomic mass is 35.5. The highest BCUT2D eigenvalue weighted by Crippen LogP contribution is 2.21. The average molecular weight is 333 g/mol. The molecule has 2 aromatic carbocycles. The number of amides is 1. The SMILES string of the molecule is COC(=O)c1ccc(/C=N/NC(=O)c2cc(Cl)ccc2O)cc1. The third-order valence-corrected chi connectivity index (χ3v) is 3.15. The smallest absolute Gasteiger partial charge is 0.337 e. The molecule has 0 aliphatic rings. The number of nitrogens with one attached hydrogen (secondary N) is 1. The zero-order valence-electron chi connectivity index (χ0n) is 12.1. The summed E-state index contributed by atoms with van der Waals surface area (Å²) in [6.45, 7) is 0. The van der Waals surface area contributed by atoms with Gasteiger partial charge in [-0.05, 0) is 35.9 Å². The normalized spacial score (nSPS) is 10.5. The fourth-order valence-electron chi connectivity index (χ4n) is 1.74. The van der Waals surface area contributed by atoms with Gasteiger partial charge in [0, 0.05) is 5.02 Å². The Labute approximate surface area is 137 Å². The molecule has 2 aromatic rings. The minimum Gasteiger partial charge on any atom is -0.507 e. The van der Waals surface area contributed by atoms with Gasteiger partial charge in [0.1, 0.15) is 5.75 Å². The first kappa shape index (κ1) is 16.5. The molecule has 7 heteroatoms. The van der Waals surface area contributed by atoms with Crippen molar-refractivity contribution in [3.8, 4) is 5.75 Å². The van der Waals surface area contributed by atoms with E-state index >= 15 is 0 Å². The molecule has 2 N–H and O–H groups in total. The highest BCUT2D eigenvalue weighted by molar-refractivity contribution is 6.31. The molecule has 6 nitrogen and oxygen atoms in total. The molecule has 0 bridgehead atoms. The number of carbonyl (C=O) groups is 2. The number of aromatic hydroxyl groups is 1. The second-order valence-electron chi connectivity index (χ2n) is 4.47. The number of methoxy groups -OCH3 is 1. The van der Waals surface area contributed by atoms with Crippen molar-refractivity contribution in [2.24, 2.45) is 5.10 Å². The summed E-state index contributed by atoms with van der Waals surface area (Å²) in [5.41, 5.74) is 3.40. The summed E-state index contributed by atoms with van der Waals surface area (Å²) in [5.74, 6) is -1.21. The molecule has 0 aliphatic carbocycles. The summed E-state index contributed by atoms with van der Waals surface area (Å²) >= 11 is 5.78. The lowest BCUT2D eigenvalue weighted by Gasteiger charge is -2.03. The van der Waals surface area contributed by atoms with Crippen LogP contribution in [0.25, 0.3) is 0 Å². The summed E-state index contributed by atoms with van der Waals surface area (Å²) in [4.78, 5) is 23.2. The van der Waals surface area contributed by atoms with E-state index in [1.807, 2.05) is 0 Å². The Kier molecular flexibility index (Phi) is 5.32. The minimum atomic E-state index is -0.590. The topological polar surface area (TPSA) is 88.0 Å². The van der Waals surface area contributed by atoms with E-state index in [-0.39, 0.29) is 11.3 Å². The molecule has 0 unspecified atom stereocenters. The molecule has 1 amide bonds. The summed E-state index contributed by atoms with van der Waals surface area (Å²) in [7, 11) is 1.30. The summed E-state index contributed by atoms with van der Waals surface area (Å²) in [6, 6.07) is 10.6. The van der Waals surface area contributed by atoms with Crippen LogP contribution in [0.3, 0.4) is 0 Å². The van der Waals surface area contributed by atoms with Crippen LogP contribution in [0.5, 0.6) is 5.75 Å². The average Bonchev–Trinajstić information content (AvgIpc) is 2.56. The molecular weight excluding hydrogens is 320 g/mol. The number of rotatable bonds is 4. The summed E-state index contributed by atoms with van der Waals surface area (Å²) in [5, 5.41) is 13.7. The molecule has 0 aliphatic heterocycles. The second-order valence-corrected chi connectivity index (χ2v) is 4.91. The molecule has 0 fully saturated rings. The van der Waals surface area contributed by atoms with E-state index in [1.54, 1.807) is 24.3 Å². The molecular formula is C16H13ClN2O4. The van der Waals surface area contributed by atoms with Crippen LogP contribution in [0.2, 0.25) is 5.02 Å². The number of ether oxygens (including phenoxy) is 1. The zero-order valence-corrected chi connectivity index (χ0v) is 12.9. The Bertz CT molecular complexity index is 757. The van der Waals surface area contributed by atoms with E-state index < -0.39 is 11.9 Å². The van der Waals surface area contributed by atoms with Crippen molar-refractivity contribution in [1.82, 2.24) is 5.43 Å². The van der Waals surface area contributed by atoms with Crippen molar-refractivity contribution in [3.05, 3.63) is 64.2 Å². The van der Waals surface area contributed by atoms with Gasteiger partial charge in [0.15, 0.2) is 0 Å². The van der Waals surface area contributed by atoms with Gasteiger partial charge in [-0.25, -0.2) is 10.2 Å². The van der Waals surface area contributed by atoms with Crippen molar-refractivity contribution in [1.29, 1.82) is 0 Å². The highest BCUT2D eigenvalue weighted by Gasteiger charge is 2.10. The van der Waals surface area contributed by atoms with Gasteiger partial charge in [0.2, 0.25) is 0 Å². The van der Waals surface area contributed by atoms with E-state index in [2.05, 4.69) is 15.3 Å². The molecule has 0 aromatic heterocycles. The first-order valence-corrected chi connectivity index (χ1v) is 6.89. The molecule has 0 radical (unpaired) electrons. The lowest BCUT2D eigenvalue weighted by Crippen LogP contribution is -2.17. The maximum Gasteiger partial charge on any atom is 0.337 e. The number of benzene rings is 2. The van der Waals surface area contributed by atoms with Gasteiger partial charge in [0.25, 0.3) is 5.91 Å². The number of hydrazone groups is 1. The Morgan fingerprint density at radius 3 is 2.57 bits per heavy atom. The number of hydrogen-bond acceptors (Lipinski definition) is 5. The number of carbonyl (C=O) groups excluding carboxylic acids is 2. The van der Waals surface area contributed by atoms with E-state index in [1.165, 1.54) is 31.5 Å². The van der Waals surface area contributed by atoms with Crippen molar-refractivity contribution in [3.63, 3.8) is 0 Å². The fourth-order valence-corrected chi connectivity index (χ4v) is 1.91. The number of halogens is 1. The Balaban J connectivity index is 2.02. The fraction of sp³-hybridized carbons (Fsp3) is 0.0625. The van der Waals surface area contributed by atoms with Crippen LogP contribution < -0.4 is 5.43 Å². The number of phenolic OH excluding ortho intramolecular Hbond substituents is 1. The Morgan fingerprint density at radius 1 is 1.22 bits per heavy atom. The largest absolute Gasteiger partial charge is 0.507 e. The molecule has 0 heterocycles. The van der Waals surface area contributed by atoms with E-state index in [0.29, 0.717) is 16.1 Å². The van der Waals surface area contributed by atoms with Gasteiger partial charge in [-0.2, -0.15) is 5.10 Å². The molecule has 118 valence electrons. The van der Waals surface area contributed by atoms with Crippen molar-refractivity contribution in [2.45, 2.75) is 0 Å². The monoisotopic (exact) mass is 332 g/mol. The van der Waals surface area contributed by atoms with Gasteiger partial charge >= 0.3 is 5.97 Å². The third kappa shape index (κ3) is 4.31. The van der Waals surface area contributed by atoms with Gasteiger partial charge in [-0.1, -0.05) is 23.7 Å². The van der Waals surface area contributed by atoms with Crippen LogP contribution in [0.4, 0.5) is 0 Å². The van der Waals surface area contributed by atoms with Crippen LogP contribution >= 0.6 is 11.6 Å². The maximum absolute atomic E-state index is 11.9. The van der Waals surface area contributed by atoms with Crippen LogP contribution in [-0.2, 0) is 4.74 Å². The number of nitrogens with zero attached hydrogens (tertiary/aromatic N) is 1. The lowest BCUT2D eigenvalue weighted by molar-refractivity contribution is 0.0600. The van der Waals surface area contributed by atoms with E-state index in [9.17, 15) is 14.7 Å². The molecule has 0 spiro atoms. The zero-order chi connectivity index (χ0) is 16.8. The van der Waals surface area contributed by atoms with Crippen LogP contribution in [-0.4, -0.2) is 30.3 Å². The summed E-state index contributed by atoms with van der Waals surface area (Å²) < 4.78 is 4.59. The Morgan fingerprint density at radius 2 is 1.91 bits per heavy atom. The Hall–Kier alpha value is -2.86. The third-order valence-electron chi connectivity index (χ3n) is 2.91. The molecule has 2 rings (SSSR count). The van der Waals surface area contributed by atoms with Crippen LogP contribution in [0.1, 0.15) is 26.3 Å². The minimum absolute atomic E-state index is 0.0238. The lowest BCUT2D eigenvalue weighted by atomic mass is 10.1. The predicted molar refractivity (Wildman–Crippen MR) is 86.0 cm³/mol. The number of phenols is 1. The van der Waals surface area contributed by atoms with Gasteiger partial charge in [-0.3, -0.25) is 4.79 Å². The van der Waals surface area contributed by atoms with E-state index in [4.69, 9.17) is 11.6 Å². The van der Waals surface area contributed by atoms with E-state index in [0.717, 1.165) is 0 Å². The molecule has 0 saturated carbocycles. The van der Waals surface area contributed by atoms with Crippen LogP contribution in [0.15, 0.2) is 47.6 Å². The van der Waals surface area contributed by atoms with Crippen molar-refractivity contribution >= 4 is 29.7 Å². The first-order chi connectivity index (χ1) is 11.0. The van der Waals surface area contributed by atoms with Crippen molar-refractivity contribution < 1.29 is 19.4 Å². The second kappa shape index (κ2) is 7.42. The first-order valence-electron chi connectivity index (χ1n) is 6.51. The number of hydrogen-bond donors (Lipinski definition) is 2. The quantitative estimate of drug-likeness (QED) is 0.512. The standard InChI is InChI=1S/C16H13ClN2O4/c1-23-16(22)11-4-2-10(3-5-11)9-18-19-15(21)13-8-12(17)6-7-14(13)20/h2-9,20H,1H3,(H,19,21)/b18-9+.